The third kappa shape index (κ3) is 3.50. The molecule has 0 spiro atoms. The zero-order valence-corrected chi connectivity index (χ0v) is 17.7. The summed E-state index contributed by atoms with van der Waals surface area (Å²) < 4.78 is 14.6. The van der Waals surface area contributed by atoms with Gasteiger partial charge in [-0.3, -0.25) is 9.59 Å². The van der Waals surface area contributed by atoms with Crippen LogP contribution in [0, 0.1) is 23.6 Å². The summed E-state index contributed by atoms with van der Waals surface area (Å²) in [6.07, 6.45) is 6.93. The lowest BCUT2D eigenvalue weighted by Gasteiger charge is -2.48. The molecule has 2 aromatic rings. The Morgan fingerprint density at radius 3 is 2.77 bits per heavy atom. The maximum atomic E-state index is 14.6. The normalized spacial score (nSPS) is 26.2. The van der Waals surface area contributed by atoms with Crippen molar-refractivity contribution in [3.05, 3.63) is 35.8 Å². The zero-order chi connectivity index (χ0) is 21.4. The van der Waals surface area contributed by atoms with E-state index < -0.39 is 5.97 Å². The number of carboxylic acid groups (broad SMARTS) is 1. The Labute approximate surface area is 176 Å². The fourth-order valence-corrected chi connectivity index (χ4v) is 5.97. The molecule has 1 aromatic heterocycles. The Morgan fingerprint density at radius 2 is 2.03 bits per heavy atom. The van der Waals surface area contributed by atoms with E-state index in [1.54, 1.807) is 6.07 Å². The van der Waals surface area contributed by atoms with Crippen molar-refractivity contribution < 1.29 is 19.1 Å². The van der Waals surface area contributed by atoms with Gasteiger partial charge in [0, 0.05) is 35.6 Å². The van der Waals surface area contributed by atoms with Crippen LogP contribution in [0.5, 0.6) is 0 Å². The summed E-state index contributed by atoms with van der Waals surface area (Å²) in [6, 6.07) is 5.01. The molecule has 1 amide bonds. The number of fused-ring (bicyclic) bond motifs is 2. The van der Waals surface area contributed by atoms with E-state index in [9.17, 15) is 19.1 Å². The molecule has 5 nitrogen and oxygen atoms in total. The van der Waals surface area contributed by atoms with Crippen LogP contribution in [0.3, 0.4) is 0 Å². The molecule has 4 rings (SSSR count). The quantitative estimate of drug-likeness (QED) is 0.729. The number of carbonyl (C=O) groups is 2. The van der Waals surface area contributed by atoms with Crippen molar-refractivity contribution >= 4 is 22.8 Å². The number of H-pyrrole nitrogens is 1. The highest BCUT2D eigenvalue weighted by atomic mass is 19.1. The minimum atomic E-state index is -0.729. The first-order chi connectivity index (χ1) is 14.4. The summed E-state index contributed by atoms with van der Waals surface area (Å²) in [6.45, 7) is 4.48. The number of carbonyl (C=O) groups excluding carboxylic acids is 1. The first-order valence-electron chi connectivity index (χ1n) is 11.2. The predicted octanol–water partition coefficient (Wildman–Crippen LogP) is 4.93. The van der Waals surface area contributed by atoms with Crippen molar-refractivity contribution in [1.29, 1.82) is 0 Å². The molecule has 2 heterocycles. The lowest BCUT2D eigenvalue weighted by atomic mass is 9.71. The number of aromatic nitrogens is 1. The van der Waals surface area contributed by atoms with Gasteiger partial charge in [0.05, 0.1) is 5.92 Å². The van der Waals surface area contributed by atoms with Crippen molar-refractivity contribution in [1.82, 2.24) is 9.88 Å². The summed E-state index contributed by atoms with van der Waals surface area (Å²) in [5.74, 6) is -1.61. The molecular weight excluding hydrogens is 383 g/mol. The van der Waals surface area contributed by atoms with Crippen molar-refractivity contribution in [3.63, 3.8) is 0 Å². The number of aliphatic carboxylic acids is 1. The van der Waals surface area contributed by atoms with Crippen molar-refractivity contribution in [2.24, 2.45) is 17.8 Å². The predicted molar refractivity (Wildman–Crippen MR) is 114 cm³/mol. The average Bonchev–Trinajstić information content (AvgIpc) is 3.18. The Hall–Kier alpha value is -2.37. The van der Waals surface area contributed by atoms with Crippen LogP contribution >= 0.6 is 0 Å². The van der Waals surface area contributed by atoms with Crippen LogP contribution in [-0.2, 0) is 9.59 Å². The lowest BCUT2D eigenvalue weighted by Crippen LogP contribution is -2.55. The highest BCUT2D eigenvalue weighted by Gasteiger charge is 2.45. The molecule has 30 heavy (non-hydrogen) atoms. The fourth-order valence-electron chi connectivity index (χ4n) is 5.97. The van der Waals surface area contributed by atoms with E-state index in [2.05, 4.69) is 4.98 Å². The SMILES string of the molecule is CCC(c1c[nH]c2cccc(F)c12)C(C)C(=O)N1CCC(C(=O)O)C2CCCCC21. The van der Waals surface area contributed by atoms with Gasteiger partial charge in [-0.15, -0.1) is 0 Å². The van der Waals surface area contributed by atoms with E-state index in [1.807, 2.05) is 31.0 Å². The minimum absolute atomic E-state index is 0.0146. The van der Waals surface area contributed by atoms with Gasteiger partial charge in [-0.05, 0) is 55.2 Å². The number of nitrogens with zero attached hydrogens (tertiary/aromatic N) is 1. The summed E-state index contributed by atoms with van der Waals surface area (Å²) in [5, 5.41) is 10.2. The Bertz CT molecular complexity index is 940. The molecule has 1 saturated heterocycles. The van der Waals surface area contributed by atoms with Gasteiger partial charge < -0.3 is 15.0 Å². The molecule has 2 fully saturated rings. The molecule has 162 valence electrons. The van der Waals surface area contributed by atoms with Gasteiger partial charge in [0.1, 0.15) is 5.82 Å². The van der Waals surface area contributed by atoms with Gasteiger partial charge in [0.2, 0.25) is 5.91 Å². The van der Waals surface area contributed by atoms with Crippen LogP contribution in [0.1, 0.15) is 63.9 Å². The number of aromatic amines is 1. The third-order valence-corrected chi connectivity index (χ3v) is 7.50. The highest BCUT2D eigenvalue weighted by Crippen LogP contribution is 2.42. The number of hydrogen-bond acceptors (Lipinski definition) is 2. The van der Waals surface area contributed by atoms with Gasteiger partial charge in [-0.2, -0.15) is 0 Å². The Morgan fingerprint density at radius 1 is 1.27 bits per heavy atom. The minimum Gasteiger partial charge on any atom is -0.481 e. The van der Waals surface area contributed by atoms with Crippen LogP contribution in [0.25, 0.3) is 10.9 Å². The lowest BCUT2D eigenvalue weighted by molar-refractivity contribution is -0.155. The molecule has 6 heteroatoms. The van der Waals surface area contributed by atoms with E-state index in [1.165, 1.54) is 6.07 Å². The van der Waals surface area contributed by atoms with Crippen LogP contribution in [0.15, 0.2) is 24.4 Å². The third-order valence-electron chi connectivity index (χ3n) is 7.50. The molecule has 0 bridgehead atoms. The van der Waals surface area contributed by atoms with E-state index in [4.69, 9.17) is 0 Å². The monoisotopic (exact) mass is 414 g/mol. The number of nitrogens with one attached hydrogen (secondary N) is 1. The largest absolute Gasteiger partial charge is 0.481 e. The summed E-state index contributed by atoms with van der Waals surface area (Å²) in [7, 11) is 0. The first kappa shape index (κ1) is 20.9. The van der Waals surface area contributed by atoms with Gasteiger partial charge in [-0.25, -0.2) is 4.39 Å². The molecule has 2 aliphatic rings. The fraction of sp³-hybridized carbons (Fsp3) is 0.583. The van der Waals surface area contributed by atoms with Crippen LogP contribution < -0.4 is 0 Å². The first-order valence-corrected chi connectivity index (χ1v) is 11.2. The number of halogens is 1. The zero-order valence-electron chi connectivity index (χ0n) is 17.7. The van der Waals surface area contributed by atoms with Gasteiger partial charge in [-0.1, -0.05) is 32.8 Å². The molecule has 1 aliphatic heterocycles. The van der Waals surface area contributed by atoms with Crippen molar-refractivity contribution in [2.75, 3.05) is 6.54 Å². The summed E-state index contributed by atoms with van der Waals surface area (Å²) in [4.78, 5) is 30.5. The number of rotatable bonds is 5. The van der Waals surface area contributed by atoms with Crippen LogP contribution in [0.4, 0.5) is 4.39 Å². The average molecular weight is 415 g/mol. The number of carboxylic acids is 1. The van der Waals surface area contributed by atoms with E-state index in [0.717, 1.165) is 43.2 Å². The molecule has 1 saturated carbocycles. The number of benzene rings is 1. The molecule has 0 radical (unpaired) electrons. The maximum Gasteiger partial charge on any atom is 0.306 e. The standard InChI is InChI=1S/C24H31FN2O3/c1-3-15(18-13-26-20-9-6-8-19(25)22(18)20)14(2)23(28)27-12-11-17(24(29)30)16-7-4-5-10-21(16)27/h6,8-9,13-17,21,26H,3-5,7,10-12H2,1-2H3,(H,29,30). The topological polar surface area (TPSA) is 73.4 Å². The maximum absolute atomic E-state index is 14.6. The second-order valence-electron chi connectivity index (χ2n) is 8.99. The second kappa shape index (κ2) is 8.40. The Balaban J connectivity index is 1.61. The molecule has 2 N–H and O–H groups in total. The number of likely N-dealkylation sites (tertiary alicyclic amines) is 1. The molecule has 5 unspecified atom stereocenters. The van der Waals surface area contributed by atoms with E-state index >= 15 is 0 Å². The summed E-state index contributed by atoms with van der Waals surface area (Å²) in [5.41, 5.74) is 1.60. The van der Waals surface area contributed by atoms with E-state index in [-0.39, 0.29) is 41.4 Å². The van der Waals surface area contributed by atoms with Crippen LogP contribution in [-0.4, -0.2) is 39.5 Å². The van der Waals surface area contributed by atoms with E-state index in [0.29, 0.717) is 18.4 Å². The smallest absolute Gasteiger partial charge is 0.306 e. The van der Waals surface area contributed by atoms with Crippen molar-refractivity contribution in [2.45, 2.75) is 64.3 Å². The molecular formula is C24H31FN2O3. The van der Waals surface area contributed by atoms with Crippen molar-refractivity contribution in [3.8, 4) is 0 Å². The van der Waals surface area contributed by atoms with Gasteiger partial charge in [0.25, 0.3) is 0 Å². The number of piperidine rings is 1. The molecule has 5 atom stereocenters. The molecule has 1 aromatic carbocycles. The van der Waals surface area contributed by atoms with Gasteiger partial charge >= 0.3 is 5.97 Å². The van der Waals surface area contributed by atoms with Crippen LogP contribution in [0.2, 0.25) is 0 Å². The van der Waals surface area contributed by atoms with Gasteiger partial charge in [0.15, 0.2) is 0 Å². The number of amides is 1. The number of hydrogen-bond donors (Lipinski definition) is 2. The molecule has 1 aliphatic carbocycles. The Kier molecular flexibility index (Phi) is 5.85. The highest BCUT2D eigenvalue weighted by molar-refractivity contribution is 5.86. The second-order valence-corrected chi connectivity index (χ2v) is 8.99. The summed E-state index contributed by atoms with van der Waals surface area (Å²) >= 11 is 0.